The lowest BCUT2D eigenvalue weighted by Gasteiger charge is -2.16. The first-order chi connectivity index (χ1) is 13.6. The van der Waals surface area contributed by atoms with Gasteiger partial charge in [0.05, 0.1) is 6.54 Å². The Balaban J connectivity index is 1.56. The fraction of sp³-hybridized carbons (Fsp3) is 0.450. The van der Waals surface area contributed by atoms with Crippen molar-refractivity contribution >= 4 is 5.91 Å². The van der Waals surface area contributed by atoms with Crippen LogP contribution in [0, 0.1) is 0 Å². The number of fused-ring (bicyclic) bond motifs is 1. The first kappa shape index (κ1) is 18.3. The largest absolute Gasteiger partial charge is 0.454 e. The number of carbonyl (C=O) groups excluding carboxylic acids is 1. The summed E-state index contributed by atoms with van der Waals surface area (Å²) in [4.78, 5) is 40.1. The summed E-state index contributed by atoms with van der Waals surface area (Å²) in [6.07, 6.45) is 7.53. The average Bonchev–Trinajstić information content (AvgIpc) is 3.00. The summed E-state index contributed by atoms with van der Waals surface area (Å²) >= 11 is 0. The van der Waals surface area contributed by atoms with E-state index in [0.29, 0.717) is 17.1 Å². The van der Waals surface area contributed by atoms with E-state index in [1.807, 2.05) is 0 Å². The molecule has 1 aromatic heterocycles. The highest BCUT2D eigenvalue weighted by Crippen LogP contribution is 2.32. The van der Waals surface area contributed by atoms with Gasteiger partial charge in [-0.15, -0.1) is 0 Å². The predicted octanol–water partition coefficient (Wildman–Crippen LogP) is 1.77. The molecular formula is C20H23N3O5. The molecule has 0 unspecified atom stereocenters. The zero-order valence-electron chi connectivity index (χ0n) is 15.5. The van der Waals surface area contributed by atoms with Gasteiger partial charge < -0.3 is 19.8 Å². The van der Waals surface area contributed by atoms with Crippen molar-refractivity contribution < 1.29 is 14.3 Å². The molecule has 1 aromatic carbocycles. The molecular weight excluding hydrogens is 362 g/mol. The van der Waals surface area contributed by atoms with Crippen LogP contribution in [0.15, 0.2) is 34.0 Å². The highest BCUT2D eigenvalue weighted by Gasteiger charge is 2.20. The van der Waals surface area contributed by atoms with Gasteiger partial charge in [-0.05, 0) is 30.5 Å². The Hall–Kier alpha value is -3.03. The zero-order valence-corrected chi connectivity index (χ0v) is 15.5. The Morgan fingerprint density at radius 3 is 2.64 bits per heavy atom. The molecule has 2 aliphatic rings. The normalized spacial score (nSPS) is 16.6. The first-order valence-electron chi connectivity index (χ1n) is 9.64. The van der Waals surface area contributed by atoms with Crippen LogP contribution in [0.1, 0.15) is 54.4 Å². The van der Waals surface area contributed by atoms with Crippen LogP contribution in [0.25, 0.3) is 0 Å². The van der Waals surface area contributed by atoms with E-state index in [-0.39, 0.29) is 24.9 Å². The molecule has 2 heterocycles. The van der Waals surface area contributed by atoms with Gasteiger partial charge in [0.25, 0.3) is 11.5 Å². The Bertz CT molecular complexity index is 986. The highest BCUT2D eigenvalue weighted by molar-refractivity contribution is 5.93. The lowest BCUT2D eigenvalue weighted by molar-refractivity contribution is 0.0930. The average molecular weight is 385 g/mol. The van der Waals surface area contributed by atoms with Gasteiger partial charge in [-0.2, -0.15) is 0 Å². The number of rotatable bonds is 4. The lowest BCUT2D eigenvalue weighted by Crippen LogP contribution is -2.43. The van der Waals surface area contributed by atoms with Crippen LogP contribution in [-0.2, 0) is 6.54 Å². The number of nitrogens with one attached hydrogen (secondary N) is 2. The van der Waals surface area contributed by atoms with Crippen LogP contribution in [-0.4, -0.2) is 28.3 Å². The van der Waals surface area contributed by atoms with Crippen LogP contribution >= 0.6 is 0 Å². The molecule has 1 aliphatic carbocycles. The minimum Gasteiger partial charge on any atom is -0.454 e. The summed E-state index contributed by atoms with van der Waals surface area (Å²) in [7, 11) is 0. The fourth-order valence-electron chi connectivity index (χ4n) is 3.73. The van der Waals surface area contributed by atoms with Gasteiger partial charge in [0.1, 0.15) is 5.56 Å². The summed E-state index contributed by atoms with van der Waals surface area (Å²) in [5, 5.41) is 2.95. The van der Waals surface area contributed by atoms with Crippen molar-refractivity contribution in [1.29, 1.82) is 0 Å². The van der Waals surface area contributed by atoms with Crippen LogP contribution in [0.5, 0.6) is 11.5 Å². The number of hydrogen-bond acceptors (Lipinski definition) is 5. The van der Waals surface area contributed by atoms with E-state index in [4.69, 9.17) is 9.47 Å². The van der Waals surface area contributed by atoms with E-state index in [1.54, 1.807) is 18.2 Å². The minimum atomic E-state index is -0.604. The number of ether oxygens (including phenoxy) is 2. The second-order valence-corrected chi connectivity index (χ2v) is 7.25. The maximum Gasteiger partial charge on any atom is 0.328 e. The van der Waals surface area contributed by atoms with Crippen LogP contribution in [0.3, 0.4) is 0 Å². The molecule has 0 bridgehead atoms. The molecule has 8 nitrogen and oxygen atoms in total. The van der Waals surface area contributed by atoms with Gasteiger partial charge in [-0.1, -0.05) is 31.7 Å². The quantitative estimate of drug-likeness (QED) is 0.781. The molecule has 0 saturated heterocycles. The van der Waals surface area contributed by atoms with Crippen molar-refractivity contribution in [3.8, 4) is 11.5 Å². The summed E-state index contributed by atoms with van der Waals surface area (Å²) in [6.45, 7) is 0.186. The van der Waals surface area contributed by atoms with E-state index < -0.39 is 17.2 Å². The topological polar surface area (TPSA) is 102 Å². The number of aromatic amines is 1. The predicted molar refractivity (Wildman–Crippen MR) is 102 cm³/mol. The standard InChI is InChI=1S/C20H23N3O5/c24-18(22-14-5-3-1-2-4-6-14)15-10-21-20(26)23(19(15)25)11-13-7-8-16-17(9-13)28-12-27-16/h7-10,14H,1-6,11-12H2,(H,21,26)(H,22,24). The maximum atomic E-state index is 12.8. The second kappa shape index (κ2) is 7.92. The van der Waals surface area contributed by atoms with Crippen LogP contribution in [0.2, 0.25) is 0 Å². The van der Waals surface area contributed by atoms with Crippen molar-refractivity contribution in [2.75, 3.05) is 6.79 Å². The molecule has 0 spiro atoms. The Kier molecular flexibility index (Phi) is 5.18. The third-order valence-corrected chi connectivity index (χ3v) is 5.27. The highest BCUT2D eigenvalue weighted by atomic mass is 16.7. The van der Waals surface area contributed by atoms with Crippen molar-refractivity contribution in [1.82, 2.24) is 14.9 Å². The van der Waals surface area contributed by atoms with Crippen LogP contribution in [0.4, 0.5) is 0 Å². The monoisotopic (exact) mass is 385 g/mol. The van der Waals surface area contributed by atoms with E-state index in [0.717, 1.165) is 30.3 Å². The van der Waals surface area contributed by atoms with Crippen molar-refractivity contribution in [3.63, 3.8) is 0 Å². The number of aromatic nitrogens is 2. The Labute approximate surface area is 161 Å². The SMILES string of the molecule is O=C(NC1CCCCCC1)c1c[nH]c(=O)n(Cc2ccc3c(c2)OCO3)c1=O. The second-order valence-electron chi connectivity index (χ2n) is 7.25. The van der Waals surface area contributed by atoms with Gasteiger partial charge in [0.2, 0.25) is 6.79 Å². The van der Waals surface area contributed by atoms with Gasteiger partial charge in [0, 0.05) is 12.2 Å². The third-order valence-electron chi connectivity index (χ3n) is 5.27. The van der Waals surface area contributed by atoms with Crippen LogP contribution < -0.4 is 26.0 Å². The third kappa shape index (κ3) is 3.81. The molecule has 1 saturated carbocycles. The first-order valence-corrected chi connectivity index (χ1v) is 9.64. The summed E-state index contributed by atoms with van der Waals surface area (Å²) in [5.74, 6) is 0.762. The van der Waals surface area contributed by atoms with Gasteiger partial charge in [-0.3, -0.25) is 14.2 Å². The minimum absolute atomic E-state index is 0.0371. The molecule has 0 radical (unpaired) electrons. The molecule has 4 rings (SSSR count). The number of benzene rings is 1. The molecule has 0 atom stereocenters. The number of carbonyl (C=O) groups is 1. The van der Waals surface area contributed by atoms with Crippen molar-refractivity contribution in [3.05, 3.63) is 56.4 Å². The number of hydrogen-bond donors (Lipinski definition) is 2. The molecule has 1 fully saturated rings. The molecule has 2 aromatic rings. The Morgan fingerprint density at radius 2 is 1.86 bits per heavy atom. The number of H-pyrrole nitrogens is 1. The molecule has 1 aliphatic heterocycles. The zero-order chi connectivity index (χ0) is 19.5. The summed E-state index contributed by atoms with van der Waals surface area (Å²) in [6, 6.07) is 5.30. The van der Waals surface area contributed by atoms with E-state index >= 15 is 0 Å². The van der Waals surface area contributed by atoms with E-state index in [9.17, 15) is 14.4 Å². The summed E-state index contributed by atoms with van der Waals surface area (Å²) < 4.78 is 11.6. The van der Waals surface area contributed by atoms with Crippen molar-refractivity contribution in [2.24, 2.45) is 0 Å². The number of amides is 1. The Morgan fingerprint density at radius 1 is 1.11 bits per heavy atom. The molecule has 1 amide bonds. The van der Waals surface area contributed by atoms with Crippen molar-refractivity contribution in [2.45, 2.75) is 51.1 Å². The smallest absolute Gasteiger partial charge is 0.328 e. The summed E-state index contributed by atoms with van der Waals surface area (Å²) in [5.41, 5.74) is -0.510. The van der Waals surface area contributed by atoms with Gasteiger partial charge >= 0.3 is 5.69 Å². The molecule has 148 valence electrons. The molecule has 8 heteroatoms. The number of nitrogens with zero attached hydrogens (tertiary/aromatic N) is 1. The molecule has 28 heavy (non-hydrogen) atoms. The fourth-order valence-corrected chi connectivity index (χ4v) is 3.73. The lowest BCUT2D eigenvalue weighted by atomic mass is 10.1. The van der Waals surface area contributed by atoms with E-state index in [1.165, 1.54) is 19.0 Å². The molecule has 2 N–H and O–H groups in total. The van der Waals surface area contributed by atoms with Gasteiger partial charge in [-0.25, -0.2) is 4.79 Å². The maximum absolute atomic E-state index is 12.8. The van der Waals surface area contributed by atoms with E-state index in [2.05, 4.69) is 10.3 Å². The van der Waals surface area contributed by atoms with Gasteiger partial charge in [0.15, 0.2) is 11.5 Å².